The second-order valence-electron chi connectivity index (χ2n) is 4.87. The molecule has 1 saturated carbocycles. The van der Waals surface area contributed by atoms with Gasteiger partial charge in [-0.25, -0.2) is 4.39 Å². The van der Waals surface area contributed by atoms with Crippen LogP contribution in [0.15, 0.2) is 18.2 Å². The molecule has 0 heterocycles. The number of carbonyl (C=O) groups is 1. The monoisotopic (exact) mass is 270 g/mol. The standard InChI is InChI=1S/C13H16ClFN2O/c14-10-3-1-4-11(15)9(10)7-12(18)17-8-13(16)5-2-6-13/h1,3-4H,2,5-8,16H2,(H,17,18). The maximum absolute atomic E-state index is 13.5. The predicted molar refractivity (Wildman–Crippen MR) is 68.9 cm³/mol. The van der Waals surface area contributed by atoms with Gasteiger partial charge in [0.15, 0.2) is 0 Å². The Labute approximate surface area is 111 Å². The van der Waals surface area contributed by atoms with Crippen molar-refractivity contribution < 1.29 is 9.18 Å². The van der Waals surface area contributed by atoms with Gasteiger partial charge in [-0.1, -0.05) is 17.7 Å². The number of carbonyl (C=O) groups excluding carboxylic acids is 1. The van der Waals surface area contributed by atoms with Gasteiger partial charge in [0.2, 0.25) is 5.91 Å². The summed E-state index contributed by atoms with van der Waals surface area (Å²) in [6.45, 7) is 0.442. The molecule has 98 valence electrons. The van der Waals surface area contributed by atoms with E-state index in [9.17, 15) is 9.18 Å². The van der Waals surface area contributed by atoms with Crippen molar-refractivity contribution in [1.29, 1.82) is 0 Å². The largest absolute Gasteiger partial charge is 0.354 e. The van der Waals surface area contributed by atoms with Crippen molar-refractivity contribution in [3.8, 4) is 0 Å². The fourth-order valence-corrected chi connectivity index (χ4v) is 2.24. The highest BCUT2D eigenvalue weighted by Crippen LogP contribution is 2.28. The molecule has 0 atom stereocenters. The molecule has 0 spiro atoms. The van der Waals surface area contributed by atoms with Gasteiger partial charge in [0, 0.05) is 22.7 Å². The molecule has 1 amide bonds. The molecule has 1 aliphatic rings. The molecular weight excluding hydrogens is 255 g/mol. The van der Waals surface area contributed by atoms with Gasteiger partial charge in [-0.15, -0.1) is 0 Å². The summed E-state index contributed by atoms with van der Waals surface area (Å²) in [7, 11) is 0. The molecule has 5 heteroatoms. The minimum absolute atomic E-state index is 0.0540. The van der Waals surface area contributed by atoms with Gasteiger partial charge >= 0.3 is 0 Å². The third kappa shape index (κ3) is 3.00. The van der Waals surface area contributed by atoms with Crippen molar-refractivity contribution in [2.75, 3.05) is 6.54 Å². The van der Waals surface area contributed by atoms with Gasteiger partial charge in [0.25, 0.3) is 0 Å². The Bertz CT molecular complexity index is 440. The second-order valence-corrected chi connectivity index (χ2v) is 5.28. The number of amides is 1. The Morgan fingerprint density at radius 1 is 1.50 bits per heavy atom. The molecule has 1 aromatic carbocycles. The lowest BCUT2D eigenvalue weighted by Crippen LogP contribution is -2.55. The van der Waals surface area contributed by atoms with Crippen molar-refractivity contribution in [2.45, 2.75) is 31.2 Å². The number of rotatable bonds is 4. The molecule has 1 aromatic rings. The minimum atomic E-state index is -0.455. The minimum Gasteiger partial charge on any atom is -0.354 e. The smallest absolute Gasteiger partial charge is 0.224 e. The van der Waals surface area contributed by atoms with Crippen LogP contribution in [-0.2, 0) is 11.2 Å². The first-order valence-corrected chi connectivity index (χ1v) is 6.36. The fraction of sp³-hybridized carbons (Fsp3) is 0.462. The lowest BCUT2D eigenvalue weighted by molar-refractivity contribution is -0.120. The predicted octanol–water partition coefficient (Wildman–Crippen LogP) is 2.02. The van der Waals surface area contributed by atoms with E-state index < -0.39 is 5.82 Å². The van der Waals surface area contributed by atoms with Crippen LogP contribution < -0.4 is 11.1 Å². The van der Waals surface area contributed by atoms with Crippen molar-refractivity contribution in [1.82, 2.24) is 5.32 Å². The molecule has 0 unspecified atom stereocenters. The van der Waals surface area contributed by atoms with E-state index in [-0.39, 0.29) is 28.5 Å². The number of hydrogen-bond donors (Lipinski definition) is 2. The summed E-state index contributed by atoms with van der Waals surface area (Å²) in [5.74, 6) is -0.706. The van der Waals surface area contributed by atoms with E-state index in [0.29, 0.717) is 6.54 Å². The highest BCUT2D eigenvalue weighted by atomic mass is 35.5. The number of nitrogens with one attached hydrogen (secondary N) is 1. The molecule has 0 radical (unpaired) electrons. The quantitative estimate of drug-likeness (QED) is 0.879. The molecule has 0 bridgehead atoms. The number of benzene rings is 1. The summed E-state index contributed by atoms with van der Waals surface area (Å²) < 4.78 is 13.5. The summed E-state index contributed by atoms with van der Waals surface area (Å²) in [6.07, 6.45) is 2.90. The van der Waals surface area contributed by atoms with Crippen LogP contribution in [0.4, 0.5) is 4.39 Å². The van der Waals surface area contributed by atoms with E-state index in [2.05, 4.69) is 5.32 Å². The average molecular weight is 271 g/mol. The van der Waals surface area contributed by atoms with Gasteiger partial charge in [0.1, 0.15) is 5.82 Å². The summed E-state index contributed by atoms with van der Waals surface area (Å²) in [4.78, 5) is 11.7. The summed E-state index contributed by atoms with van der Waals surface area (Å²) in [6, 6.07) is 4.39. The van der Waals surface area contributed by atoms with Gasteiger partial charge in [0.05, 0.1) is 6.42 Å². The average Bonchev–Trinajstić information content (AvgIpc) is 2.29. The molecule has 3 N–H and O–H groups in total. The first kappa shape index (κ1) is 13.3. The zero-order chi connectivity index (χ0) is 13.2. The zero-order valence-electron chi connectivity index (χ0n) is 10.0. The molecule has 0 aromatic heterocycles. The fourth-order valence-electron chi connectivity index (χ4n) is 2.01. The maximum atomic E-state index is 13.5. The van der Waals surface area contributed by atoms with Crippen LogP contribution in [0.2, 0.25) is 5.02 Å². The third-order valence-electron chi connectivity index (χ3n) is 3.39. The van der Waals surface area contributed by atoms with Crippen molar-refractivity contribution in [3.05, 3.63) is 34.6 Å². The van der Waals surface area contributed by atoms with E-state index in [0.717, 1.165) is 19.3 Å². The van der Waals surface area contributed by atoms with E-state index in [1.807, 2.05) is 0 Å². The lowest BCUT2D eigenvalue weighted by Gasteiger charge is -2.38. The molecular formula is C13H16ClFN2O. The highest BCUT2D eigenvalue weighted by molar-refractivity contribution is 6.31. The normalized spacial score (nSPS) is 17.1. The Morgan fingerprint density at radius 2 is 2.22 bits per heavy atom. The van der Waals surface area contributed by atoms with Crippen molar-refractivity contribution in [2.24, 2.45) is 5.73 Å². The topological polar surface area (TPSA) is 55.1 Å². The lowest BCUT2D eigenvalue weighted by atomic mass is 9.78. The van der Waals surface area contributed by atoms with Crippen LogP contribution in [0.25, 0.3) is 0 Å². The number of hydrogen-bond acceptors (Lipinski definition) is 2. The van der Waals surface area contributed by atoms with E-state index >= 15 is 0 Å². The molecule has 0 saturated heterocycles. The van der Waals surface area contributed by atoms with Gasteiger partial charge in [-0.05, 0) is 31.4 Å². The zero-order valence-corrected chi connectivity index (χ0v) is 10.8. The Hall–Kier alpha value is -1.13. The Kier molecular flexibility index (Phi) is 3.88. The van der Waals surface area contributed by atoms with Gasteiger partial charge in [-0.2, -0.15) is 0 Å². The Morgan fingerprint density at radius 3 is 2.78 bits per heavy atom. The molecule has 1 aliphatic carbocycles. The number of halogens is 2. The molecule has 3 nitrogen and oxygen atoms in total. The Balaban J connectivity index is 1.91. The van der Waals surface area contributed by atoms with Gasteiger partial charge < -0.3 is 11.1 Å². The SMILES string of the molecule is NC1(CNC(=O)Cc2c(F)cccc2Cl)CCC1. The van der Waals surface area contributed by atoms with Crippen molar-refractivity contribution in [3.63, 3.8) is 0 Å². The van der Waals surface area contributed by atoms with Crippen LogP contribution in [-0.4, -0.2) is 18.0 Å². The highest BCUT2D eigenvalue weighted by Gasteiger charge is 2.32. The van der Waals surface area contributed by atoms with Crippen LogP contribution in [0, 0.1) is 5.82 Å². The summed E-state index contributed by atoms with van der Waals surface area (Å²) in [5.41, 5.74) is 5.95. The van der Waals surface area contributed by atoms with Crippen LogP contribution in [0.5, 0.6) is 0 Å². The third-order valence-corrected chi connectivity index (χ3v) is 3.74. The second kappa shape index (κ2) is 5.24. The van der Waals surface area contributed by atoms with Gasteiger partial charge in [-0.3, -0.25) is 4.79 Å². The molecule has 2 rings (SSSR count). The first-order chi connectivity index (χ1) is 8.50. The van der Waals surface area contributed by atoms with Crippen LogP contribution in [0.3, 0.4) is 0 Å². The molecule has 1 fully saturated rings. The number of nitrogens with two attached hydrogens (primary N) is 1. The van der Waals surface area contributed by atoms with E-state index in [1.165, 1.54) is 12.1 Å². The van der Waals surface area contributed by atoms with E-state index in [4.69, 9.17) is 17.3 Å². The molecule has 18 heavy (non-hydrogen) atoms. The first-order valence-electron chi connectivity index (χ1n) is 5.99. The van der Waals surface area contributed by atoms with E-state index in [1.54, 1.807) is 6.07 Å². The maximum Gasteiger partial charge on any atom is 0.224 e. The summed E-state index contributed by atoms with van der Waals surface area (Å²) in [5, 5.41) is 3.01. The van der Waals surface area contributed by atoms with Crippen LogP contribution >= 0.6 is 11.6 Å². The molecule has 0 aliphatic heterocycles. The van der Waals surface area contributed by atoms with Crippen molar-refractivity contribution >= 4 is 17.5 Å². The summed E-state index contributed by atoms with van der Waals surface area (Å²) >= 11 is 5.86. The van der Waals surface area contributed by atoms with Crippen LogP contribution in [0.1, 0.15) is 24.8 Å².